The lowest BCUT2D eigenvalue weighted by Crippen LogP contribution is -2.19. The number of hydrogen-bond acceptors (Lipinski definition) is 5. The largest absolute Gasteiger partial charge is 0.497 e. The van der Waals surface area contributed by atoms with Crippen LogP contribution in [0.4, 0.5) is 5.13 Å². The first-order valence-electron chi connectivity index (χ1n) is 7.07. The molecule has 1 N–H and O–H groups in total. The van der Waals surface area contributed by atoms with Crippen LogP contribution in [0.1, 0.15) is 20.3 Å². The number of benzene rings is 1. The van der Waals surface area contributed by atoms with Gasteiger partial charge >= 0.3 is 0 Å². The van der Waals surface area contributed by atoms with Crippen molar-refractivity contribution in [1.29, 1.82) is 0 Å². The minimum atomic E-state index is -0.0251. The van der Waals surface area contributed by atoms with E-state index < -0.39 is 0 Å². The van der Waals surface area contributed by atoms with Crippen LogP contribution in [-0.4, -0.2) is 25.1 Å². The van der Waals surface area contributed by atoms with E-state index in [0.717, 1.165) is 23.4 Å². The molecular weight excluding hydrogens is 300 g/mol. The zero-order valence-corrected chi connectivity index (χ0v) is 14.0. The van der Waals surface area contributed by atoms with Gasteiger partial charge in [-0.3, -0.25) is 4.79 Å². The van der Waals surface area contributed by atoms with Crippen molar-refractivity contribution in [1.82, 2.24) is 4.98 Å². The van der Waals surface area contributed by atoms with E-state index in [1.807, 2.05) is 37.4 Å². The summed E-state index contributed by atoms with van der Waals surface area (Å²) in [4.78, 5) is 16.4. The number of thiazole rings is 1. The van der Waals surface area contributed by atoms with Gasteiger partial charge in [-0.15, -0.1) is 11.3 Å². The number of ether oxygens (including phenoxy) is 2. The van der Waals surface area contributed by atoms with Crippen LogP contribution >= 0.6 is 11.3 Å². The quantitative estimate of drug-likeness (QED) is 0.879. The summed E-state index contributed by atoms with van der Waals surface area (Å²) in [5.74, 6) is 1.37. The second-order valence-electron chi connectivity index (χ2n) is 4.90. The van der Waals surface area contributed by atoms with E-state index in [-0.39, 0.29) is 11.8 Å². The summed E-state index contributed by atoms with van der Waals surface area (Å²) in [7, 11) is 3.22. The lowest BCUT2D eigenvalue weighted by Gasteiger charge is -2.09. The van der Waals surface area contributed by atoms with Crippen LogP contribution in [0, 0.1) is 5.92 Å². The molecule has 0 saturated heterocycles. The Bertz CT molecular complexity index is 655. The van der Waals surface area contributed by atoms with E-state index in [4.69, 9.17) is 9.47 Å². The number of nitrogens with zero attached hydrogens (tertiary/aromatic N) is 1. The molecule has 0 spiro atoms. The Morgan fingerprint density at radius 1 is 1.36 bits per heavy atom. The van der Waals surface area contributed by atoms with Crippen molar-refractivity contribution in [2.24, 2.45) is 5.92 Å². The topological polar surface area (TPSA) is 60.5 Å². The van der Waals surface area contributed by atoms with Crippen LogP contribution < -0.4 is 14.8 Å². The molecule has 0 radical (unpaired) electrons. The van der Waals surface area contributed by atoms with E-state index in [0.29, 0.717) is 10.9 Å². The molecule has 0 saturated carbocycles. The maximum atomic E-state index is 11.9. The summed E-state index contributed by atoms with van der Waals surface area (Å²) in [6.45, 7) is 3.89. The van der Waals surface area contributed by atoms with Gasteiger partial charge in [-0.05, 0) is 18.6 Å². The van der Waals surface area contributed by atoms with Gasteiger partial charge in [-0.25, -0.2) is 4.98 Å². The molecule has 2 aromatic rings. The maximum absolute atomic E-state index is 11.9. The normalized spacial score (nSPS) is 11.8. The van der Waals surface area contributed by atoms with Gasteiger partial charge in [0.1, 0.15) is 11.5 Å². The highest BCUT2D eigenvalue weighted by Gasteiger charge is 2.15. The molecule has 0 aliphatic heterocycles. The molecule has 2 rings (SSSR count). The molecule has 1 unspecified atom stereocenters. The number of anilines is 1. The van der Waals surface area contributed by atoms with Gasteiger partial charge in [0.25, 0.3) is 0 Å². The lowest BCUT2D eigenvalue weighted by molar-refractivity contribution is -0.119. The lowest BCUT2D eigenvalue weighted by atomic mass is 10.1. The van der Waals surface area contributed by atoms with Crippen molar-refractivity contribution < 1.29 is 14.3 Å². The first-order valence-corrected chi connectivity index (χ1v) is 7.95. The van der Waals surface area contributed by atoms with Gasteiger partial charge in [0.15, 0.2) is 5.13 Å². The Balaban J connectivity index is 2.23. The number of aromatic nitrogens is 1. The molecule has 6 heteroatoms. The molecule has 0 bridgehead atoms. The highest BCUT2D eigenvalue weighted by molar-refractivity contribution is 7.14. The average Bonchev–Trinajstić information content (AvgIpc) is 3.01. The zero-order chi connectivity index (χ0) is 16.1. The Morgan fingerprint density at radius 2 is 2.14 bits per heavy atom. The highest BCUT2D eigenvalue weighted by Crippen LogP contribution is 2.34. The van der Waals surface area contributed by atoms with Gasteiger partial charge in [0, 0.05) is 22.9 Å². The van der Waals surface area contributed by atoms with Crippen molar-refractivity contribution >= 4 is 22.4 Å². The highest BCUT2D eigenvalue weighted by atomic mass is 32.1. The van der Waals surface area contributed by atoms with E-state index in [9.17, 15) is 4.79 Å². The van der Waals surface area contributed by atoms with Gasteiger partial charge in [-0.1, -0.05) is 13.8 Å². The van der Waals surface area contributed by atoms with Gasteiger partial charge in [0.05, 0.1) is 19.9 Å². The second-order valence-corrected chi connectivity index (χ2v) is 5.76. The Morgan fingerprint density at radius 3 is 2.77 bits per heavy atom. The van der Waals surface area contributed by atoms with Gasteiger partial charge in [-0.2, -0.15) is 0 Å². The third-order valence-corrected chi connectivity index (χ3v) is 4.24. The number of carbonyl (C=O) groups is 1. The fourth-order valence-corrected chi connectivity index (χ4v) is 2.59. The standard InChI is InChI=1S/C16H20N2O3S/c1-5-10(2)15(19)18-16-17-13(9-22-16)12-7-6-11(20-3)8-14(12)21-4/h6-10H,5H2,1-4H3,(H,17,18,19). The Labute approximate surface area is 134 Å². The van der Waals surface area contributed by atoms with Crippen LogP contribution in [0.25, 0.3) is 11.3 Å². The second kappa shape index (κ2) is 7.26. The summed E-state index contributed by atoms with van der Waals surface area (Å²) < 4.78 is 10.6. The van der Waals surface area contributed by atoms with E-state index in [1.165, 1.54) is 11.3 Å². The number of carbonyl (C=O) groups excluding carboxylic acids is 1. The monoisotopic (exact) mass is 320 g/mol. The van der Waals surface area contributed by atoms with Crippen molar-refractivity contribution in [2.75, 3.05) is 19.5 Å². The molecule has 1 aromatic heterocycles. The fraction of sp³-hybridized carbons (Fsp3) is 0.375. The van der Waals surface area contributed by atoms with Crippen molar-refractivity contribution in [3.05, 3.63) is 23.6 Å². The molecule has 1 amide bonds. The molecule has 0 aliphatic carbocycles. The van der Waals surface area contributed by atoms with Gasteiger partial charge < -0.3 is 14.8 Å². The minimum absolute atomic E-state index is 0.00917. The first-order chi connectivity index (χ1) is 10.6. The minimum Gasteiger partial charge on any atom is -0.497 e. The van der Waals surface area contributed by atoms with E-state index in [2.05, 4.69) is 10.3 Å². The Hall–Kier alpha value is -2.08. The predicted octanol–water partition coefficient (Wildman–Crippen LogP) is 3.81. The molecular formula is C16H20N2O3S. The molecule has 0 fully saturated rings. The smallest absolute Gasteiger partial charge is 0.228 e. The van der Waals surface area contributed by atoms with E-state index in [1.54, 1.807) is 14.2 Å². The number of rotatable bonds is 6. The number of methoxy groups -OCH3 is 2. The number of hydrogen-bond donors (Lipinski definition) is 1. The Kier molecular flexibility index (Phi) is 5.38. The predicted molar refractivity (Wildman–Crippen MR) is 88.7 cm³/mol. The van der Waals surface area contributed by atoms with Crippen LogP contribution in [0.15, 0.2) is 23.6 Å². The van der Waals surface area contributed by atoms with Crippen molar-refractivity contribution in [2.45, 2.75) is 20.3 Å². The van der Waals surface area contributed by atoms with Crippen LogP contribution in [-0.2, 0) is 4.79 Å². The van der Waals surface area contributed by atoms with Crippen LogP contribution in [0.5, 0.6) is 11.5 Å². The number of nitrogens with one attached hydrogen (secondary N) is 1. The molecule has 22 heavy (non-hydrogen) atoms. The molecule has 5 nitrogen and oxygen atoms in total. The van der Waals surface area contributed by atoms with Crippen molar-refractivity contribution in [3.63, 3.8) is 0 Å². The summed E-state index contributed by atoms with van der Waals surface area (Å²) in [5.41, 5.74) is 1.63. The molecule has 118 valence electrons. The third-order valence-electron chi connectivity index (χ3n) is 3.48. The van der Waals surface area contributed by atoms with Crippen molar-refractivity contribution in [3.8, 4) is 22.8 Å². The van der Waals surface area contributed by atoms with Gasteiger partial charge in [0.2, 0.25) is 5.91 Å². The first kappa shape index (κ1) is 16.3. The number of amides is 1. The summed E-state index contributed by atoms with van der Waals surface area (Å²) >= 11 is 1.40. The maximum Gasteiger partial charge on any atom is 0.228 e. The summed E-state index contributed by atoms with van der Waals surface area (Å²) in [5, 5.41) is 5.34. The zero-order valence-electron chi connectivity index (χ0n) is 13.2. The third kappa shape index (κ3) is 3.57. The fourth-order valence-electron chi connectivity index (χ4n) is 1.88. The van der Waals surface area contributed by atoms with Crippen LogP contribution in [0.2, 0.25) is 0 Å². The molecule has 1 aromatic carbocycles. The molecule has 0 aliphatic rings. The SMILES string of the molecule is CCC(C)C(=O)Nc1nc(-c2ccc(OC)cc2OC)cs1. The molecule has 1 atom stereocenters. The molecule has 1 heterocycles. The van der Waals surface area contributed by atoms with E-state index >= 15 is 0 Å². The average molecular weight is 320 g/mol. The summed E-state index contributed by atoms with van der Waals surface area (Å²) in [6, 6.07) is 5.56. The summed E-state index contributed by atoms with van der Waals surface area (Å²) in [6.07, 6.45) is 0.802. The van der Waals surface area contributed by atoms with Crippen LogP contribution in [0.3, 0.4) is 0 Å².